The summed E-state index contributed by atoms with van der Waals surface area (Å²) in [5.74, 6) is -0.557. The Balaban J connectivity index is 1.64. The minimum Gasteiger partial charge on any atom is -0.459 e. The van der Waals surface area contributed by atoms with Crippen molar-refractivity contribution in [2.24, 2.45) is 0 Å². The Morgan fingerprint density at radius 3 is 2.84 bits per heavy atom. The molecule has 8 heteroatoms. The van der Waals surface area contributed by atoms with Gasteiger partial charge in [0.2, 0.25) is 0 Å². The highest BCUT2D eigenvalue weighted by Crippen LogP contribution is 2.30. The van der Waals surface area contributed by atoms with Gasteiger partial charge in [-0.1, -0.05) is 18.2 Å². The first-order valence-electron chi connectivity index (χ1n) is 7.79. The quantitative estimate of drug-likeness (QED) is 0.842. The van der Waals surface area contributed by atoms with Crippen LogP contribution in [0, 0.1) is 6.92 Å². The summed E-state index contributed by atoms with van der Waals surface area (Å²) in [4.78, 5) is 37.0. The molecule has 2 heterocycles. The summed E-state index contributed by atoms with van der Waals surface area (Å²) in [7, 11) is 0. The summed E-state index contributed by atoms with van der Waals surface area (Å²) < 4.78 is 25.9. The molecule has 7 nitrogen and oxygen atoms in total. The Bertz CT molecular complexity index is 891. The molecule has 132 valence electrons. The van der Waals surface area contributed by atoms with E-state index < -0.39 is 35.7 Å². The van der Waals surface area contributed by atoms with Crippen LogP contribution in [-0.4, -0.2) is 34.4 Å². The van der Waals surface area contributed by atoms with Gasteiger partial charge in [0.05, 0.1) is 5.56 Å². The first-order valence-corrected chi connectivity index (χ1v) is 7.79. The summed E-state index contributed by atoms with van der Waals surface area (Å²) in [6.45, 7) is 1.52. The van der Waals surface area contributed by atoms with E-state index >= 15 is 0 Å². The van der Waals surface area contributed by atoms with E-state index in [0.717, 1.165) is 16.2 Å². The van der Waals surface area contributed by atoms with E-state index in [1.807, 2.05) is 0 Å². The molecule has 3 atom stereocenters. The molecule has 1 aliphatic rings. The summed E-state index contributed by atoms with van der Waals surface area (Å²) >= 11 is 0. The molecule has 1 N–H and O–H groups in total. The summed E-state index contributed by atoms with van der Waals surface area (Å²) in [5, 5.41) is 0. The number of hydrogen-bond acceptors (Lipinski definition) is 5. The SMILES string of the molecule is Cc1ccccc1C(=O)OC[C@H]1O[C@@H](n2ccc(=O)[nH]c2=O)C[C@@H]1F. The number of aromatic nitrogens is 2. The summed E-state index contributed by atoms with van der Waals surface area (Å²) in [6, 6.07) is 8.08. The highest BCUT2D eigenvalue weighted by molar-refractivity contribution is 5.90. The number of ether oxygens (including phenoxy) is 2. The molecule has 2 aromatic rings. The third-order valence-electron chi connectivity index (χ3n) is 4.07. The number of nitrogens with zero attached hydrogens (tertiary/aromatic N) is 1. The van der Waals surface area contributed by atoms with Crippen LogP contribution in [0.2, 0.25) is 0 Å². The van der Waals surface area contributed by atoms with E-state index in [4.69, 9.17) is 9.47 Å². The Labute approximate surface area is 142 Å². The number of aromatic amines is 1. The zero-order valence-electron chi connectivity index (χ0n) is 13.5. The zero-order chi connectivity index (χ0) is 18.0. The largest absolute Gasteiger partial charge is 0.459 e. The number of alkyl halides is 1. The van der Waals surface area contributed by atoms with Gasteiger partial charge in [-0.3, -0.25) is 14.3 Å². The molecule has 0 amide bonds. The number of esters is 1. The first-order chi connectivity index (χ1) is 12.0. The molecule has 0 radical (unpaired) electrons. The van der Waals surface area contributed by atoms with Gasteiger partial charge in [-0.25, -0.2) is 14.0 Å². The van der Waals surface area contributed by atoms with Crippen LogP contribution in [0.5, 0.6) is 0 Å². The zero-order valence-corrected chi connectivity index (χ0v) is 13.5. The smallest absolute Gasteiger partial charge is 0.338 e. The highest BCUT2D eigenvalue weighted by atomic mass is 19.1. The third kappa shape index (κ3) is 3.69. The number of halogens is 1. The molecule has 0 aliphatic carbocycles. The van der Waals surface area contributed by atoms with E-state index in [2.05, 4.69) is 4.98 Å². The molecular weight excluding hydrogens is 331 g/mol. The molecule has 1 saturated heterocycles. The number of carbonyl (C=O) groups is 1. The Hall–Kier alpha value is -2.74. The first kappa shape index (κ1) is 17.1. The van der Waals surface area contributed by atoms with Crippen molar-refractivity contribution < 1.29 is 18.7 Å². The van der Waals surface area contributed by atoms with Crippen molar-refractivity contribution in [2.45, 2.75) is 31.8 Å². The lowest BCUT2D eigenvalue weighted by molar-refractivity contribution is -0.0440. The van der Waals surface area contributed by atoms with Crippen molar-refractivity contribution in [1.29, 1.82) is 0 Å². The van der Waals surface area contributed by atoms with Crippen LogP contribution >= 0.6 is 0 Å². The highest BCUT2D eigenvalue weighted by Gasteiger charge is 2.37. The van der Waals surface area contributed by atoms with Crippen LogP contribution in [0.4, 0.5) is 4.39 Å². The second-order valence-corrected chi connectivity index (χ2v) is 5.81. The van der Waals surface area contributed by atoms with E-state index in [-0.39, 0.29) is 13.0 Å². The molecule has 0 saturated carbocycles. The molecule has 0 spiro atoms. The van der Waals surface area contributed by atoms with Crippen molar-refractivity contribution in [3.05, 3.63) is 68.5 Å². The number of aryl methyl sites for hydroxylation is 1. The average molecular weight is 348 g/mol. The average Bonchev–Trinajstić information content (AvgIpc) is 2.93. The third-order valence-corrected chi connectivity index (χ3v) is 4.07. The van der Waals surface area contributed by atoms with Gasteiger partial charge in [-0.2, -0.15) is 0 Å². The molecule has 1 aromatic carbocycles. The van der Waals surface area contributed by atoms with E-state index in [1.165, 1.54) is 6.20 Å². The van der Waals surface area contributed by atoms with Crippen molar-refractivity contribution in [1.82, 2.24) is 9.55 Å². The fraction of sp³-hybridized carbons (Fsp3) is 0.353. The monoisotopic (exact) mass is 348 g/mol. The maximum Gasteiger partial charge on any atom is 0.338 e. The fourth-order valence-electron chi connectivity index (χ4n) is 2.70. The molecule has 1 aromatic heterocycles. The lowest BCUT2D eigenvalue weighted by Crippen LogP contribution is -2.32. The molecule has 0 bridgehead atoms. The maximum atomic E-state index is 14.2. The van der Waals surface area contributed by atoms with E-state index in [1.54, 1.807) is 31.2 Å². The van der Waals surface area contributed by atoms with E-state index in [0.29, 0.717) is 5.56 Å². The molecule has 1 fully saturated rings. The van der Waals surface area contributed by atoms with Crippen LogP contribution in [-0.2, 0) is 9.47 Å². The van der Waals surface area contributed by atoms with Gasteiger partial charge in [0, 0.05) is 18.7 Å². The van der Waals surface area contributed by atoms with Gasteiger partial charge < -0.3 is 9.47 Å². The van der Waals surface area contributed by atoms with Crippen molar-refractivity contribution in [3.8, 4) is 0 Å². The van der Waals surface area contributed by atoms with Crippen LogP contribution < -0.4 is 11.2 Å². The molecular formula is C17H17FN2O5. The van der Waals surface area contributed by atoms with Crippen LogP contribution in [0.25, 0.3) is 0 Å². The van der Waals surface area contributed by atoms with Crippen molar-refractivity contribution in [3.63, 3.8) is 0 Å². The maximum absolute atomic E-state index is 14.2. The van der Waals surface area contributed by atoms with Gasteiger partial charge in [0.25, 0.3) is 5.56 Å². The Morgan fingerprint density at radius 1 is 1.36 bits per heavy atom. The lowest BCUT2D eigenvalue weighted by atomic mass is 10.1. The molecule has 25 heavy (non-hydrogen) atoms. The number of benzene rings is 1. The lowest BCUT2D eigenvalue weighted by Gasteiger charge is -2.16. The Morgan fingerprint density at radius 2 is 2.12 bits per heavy atom. The number of rotatable bonds is 4. The second kappa shape index (κ2) is 7.02. The van der Waals surface area contributed by atoms with Crippen LogP contribution in [0.15, 0.2) is 46.1 Å². The minimum atomic E-state index is -1.39. The minimum absolute atomic E-state index is 0.0709. The van der Waals surface area contributed by atoms with Gasteiger partial charge in [0.1, 0.15) is 25.1 Å². The predicted octanol–water partition coefficient (Wildman–Crippen LogP) is 1.33. The summed E-state index contributed by atoms with van der Waals surface area (Å²) in [5.41, 5.74) is -0.0550. The van der Waals surface area contributed by atoms with Crippen LogP contribution in [0.3, 0.4) is 0 Å². The van der Waals surface area contributed by atoms with Gasteiger partial charge in [-0.15, -0.1) is 0 Å². The Kier molecular flexibility index (Phi) is 4.80. The fourth-order valence-corrected chi connectivity index (χ4v) is 2.70. The predicted molar refractivity (Wildman–Crippen MR) is 86.2 cm³/mol. The number of carbonyl (C=O) groups excluding carboxylic acids is 1. The molecule has 0 unspecified atom stereocenters. The number of H-pyrrole nitrogens is 1. The van der Waals surface area contributed by atoms with Crippen molar-refractivity contribution in [2.75, 3.05) is 6.61 Å². The van der Waals surface area contributed by atoms with E-state index in [9.17, 15) is 18.8 Å². The molecule has 1 aliphatic heterocycles. The van der Waals surface area contributed by atoms with Gasteiger partial charge in [-0.05, 0) is 18.6 Å². The van der Waals surface area contributed by atoms with Gasteiger partial charge in [0.15, 0.2) is 0 Å². The van der Waals surface area contributed by atoms with Crippen molar-refractivity contribution >= 4 is 5.97 Å². The molecule has 3 rings (SSSR count). The topological polar surface area (TPSA) is 90.4 Å². The normalized spacial score (nSPS) is 22.7. The number of nitrogens with one attached hydrogen (secondary N) is 1. The summed E-state index contributed by atoms with van der Waals surface area (Å²) in [6.07, 6.45) is -2.05. The van der Waals surface area contributed by atoms with Crippen LogP contribution in [0.1, 0.15) is 28.6 Å². The second-order valence-electron chi connectivity index (χ2n) is 5.81. The standard InChI is InChI=1S/C17H17FN2O5/c1-10-4-2-3-5-11(10)16(22)24-9-13-12(18)8-15(25-13)20-7-6-14(21)19-17(20)23/h2-7,12-13,15H,8-9H2,1H3,(H,19,21,23)/t12-,13+,15+/m0/s1. The van der Waals surface area contributed by atoms with Gasteiger partial charge >= 0.3 is 11.7 Å². The number of hydrogen-bond donors (Lipinski definition) is 1.